The number of rotatable bonds is 7. The van der Waals surface area contributed by atoms with Gasteiger partial charge in [-0.2, -0.15) is 0 Å². The summed E-state index contributed by atoms with van der Waals surface area (Å²) in [4.78, 5) is 0. The molecule has 1 aromatic carbocycles. The van der Waals surface area contributed by atoms with E-state index in [0.717, 1.165) is 19.0 Å². The highest BCUT2D eigenvalue weighted by Crippen LogP contribution is 2.40. The fourth-order valence-corrected chi connectivity index (χ4v) is 2.73. The van der Waals surface area contributed by atoms with Crippen molar-refractivity contribution in [1.29, 1.82) is 0 Å². The zero-order valence-electron chi connectivity index (χ0n) is 10.9. The minimum atomic E-state index is -2.82. The van der Waals surface area contributed by atoms with E-state index in [0.29, 0.717) is 6.42 Å². The Bertz CT molecular complexity index is 492. The third-order valence-electron chi connectivity index (χ3n) is 3.20. The van der Waals surface area contributed by atoms with Crippen LogP contribution in [0.5, 0.6) is 0 Å². The number of hydrogen-bond acceptors (Lipinski definition) is 3. The average Bonchev–Trinajstić information content (AvgIpc) is 3.11. The minimum absolute atomic E-state index is 0.266. The molecule has 0 unspecified atom stereocenters. The number of sulfone groups is 1. The van der Waals surface area contributed by atoms with Crippen LogP contribution in [0, 0.1) is 0 Å². The second kappa shape index (κ2) is 5.85. The molecule has 0 amide bonds. The van der Waals surface area contributed by atoms with Crippen molar-refractivity contribution in [3.8, 4) is 0 Å². The fourth-order valence-electron chi connectivity index (χ4n) is 2.07. The quantitative estimate of drug-likeness (QED) is 0.769. The summed E-state index contributed by atoms with van der Waals surface area (Å²) in [5, 5.41) is 3.30. The van der Waals surface area contributed by atoms with Gasteiger partial charge < -0.3 is 5.32 Å². The monoisotopic (exact) mass is 267 g/mol. The highest BCUT2D eigenvalue weighted by Gasteiger charge is 2.23. The van der Waals surface area contributed by atoms with Crippen LogP contribution in [0.15, 0.2) is 24.3 Å². The normalized spacial score (nSPS) is 15.8. The Balaban J connectivity index is 1.71. The third-order valence-corrected chi connectivity index (χ3v) is 4.23. The van der Waals surface area contributed by atoms with Crippen molar-refractivity contribution in [2.24, 2.45) is 0 Å². The Labute approximate surface area is 110 Å². The summed E-state index contributed by atoms with van der Waals surface area (Å²) in [7, 11) is -2.82. The van der Waals surface area contributed by atoms with E-state index in [1.54, 1.807) is 0 Å². The molecule has 1 N–H and O–H groups in total. The lowest BCUT2D eigenvalue weighted by Crippen LogP contribution is -2.17. The molecule has 2 rings (SSSR count). The Hall–Kier alpha value is -0.870. The van der Waals surface area contributed by atoms with E-state index < -0.39 is 9.84 Å². The summed E-state index contributed by atoms with van der Waals surface area (Å²) < 4.78 is 21.9. The zero-order valence-corrected chi connectivity index (χ0v) is 11.7. The van der Waals surface area contributed by atoms with Crippen LogP contribution in [-0.4, -0.2) is 27.0 Å². The summed E-state index contributed by atoms with van der Waals surface area (Å²) in [6.07, 6.45) is 4.61. The molecule has 0 atom stereocenters. The molecule has 1 aromatic rings. The van der Waals surface area contributed by atoms with Gasteiger partial charge in [-0.3, -0.25) is 0 Å². The Morgan fingerprint density at radius 1 is 1.33 bits per heavy atom. The van der Waals surface area contributed by atoms with E-state index in [9.17, 15) is 8.42 Å². The molecule has 0 heterocycles. The molecule has 3 nitrogen and oxygen atoms in total. The first-order chi connectivity index (χ1) is 8.54. The predicted octanol–water partition coefficient (Wildman–Crippen LogP) is 2.09. The minimum Gasteiger partial charge on any atom is -0.313 e. The Morgan fingerprint density at radius 2 is 2.11 bits per heavy atom. The highest BCUT2D eigenvalue weighted by molar-refractivity contribution is 7.90. The second-order valence-corrected chi connectivity index (χ2v) is 7.44. The van der Waals surface area contributed by atoms with Crippen LogP contribution >= 0.6 is 0 Å². The molecule has 0 aliphatic heterocycles. The molecule has 4 heteroatoms. The lowest BCUT2D eigenvalue weighted by atomic mass is 10.1. The van der Waals surface area contributed by atoms with Crippen LogP contribution in [-0.2, 0) is 16.4 Å². The van der Waals surface area contributed by atoms with Gasteiger partial charge in [-0.15, -0.1) is 0 Å². The van der Waals surface area contributed by atoms with Gasteiger partial charge in [0.05, 0.1) is 5.75 Å². The summed E-state index contributed by atoms with van der Waals surface area (Å²) in [5.74, 6) is 1.05. The van der Waals surface area contributed by atoms with Crippen LogP contribution in [0.25, 0.3) is 0 Å². The van der Waals surface area contributed by atoms with Gasteiger partial charge in [-0.05, 0) is 42.9 Å². The van der Waals surface area contributed by atoms with Crippen molar-refractivity contribution < 1.29 is 8.42 Å². The Kier molecular flexibility index (Phi) is 4.40. The van der Waals surface area contributed by atoms with Gasteiger partial charge in [0.1, 0.15) is 9.84 Å². The maximum atomic E-state index is 11.0. The van der Waals surface area contributed by atoms with Gasteiger partial charge in [-0.25, -0.2) is 8.42 Å². The summed E-state index contributed by atoms with van der Waals surface area (Å²) in [5.41, 5.74) is 2.74. The van der Waals surface area contributed by atoms with E-state index in [4.69, 9.17) is 0 Å². The van der Waals surface area contributed by atoms with Crippen LogP contribution < -0.4 is 5.32 Å². The molecule has 0 bridgehead atoms. The van der Waals surface area contributed by atoms with E-state index >= 15 is 0 Å². The van der Waals surface area contributed by atoms with E-state index in [1.165, 1.54) is 30.2 Å². The first-order valence-corrected chi connectivity index (χ1v) is 8.58. The molecule has 1 saturated carbocycles. The van der Waals surface area contributed by atoms with E-state index in [-0.39, 0.29) is 5.75 Å². The molecule has 18 heavy (non-hydrogen) atoms. The van der Waals surface area contributed by atoms with Gasteiger partial charge >= 0.3 is 0 Å². The largest absolute Gasteiger partial charge is 0.313 e. The lowest BCUT2D eigenvalue weighted by molar-refractivity contribution is 0.594. The molecule has 0 saturated heterocycles. The van der Waals surface area contributed by atoms with Gasteiger partial charge in [0, 0.05) is 12.8 Å². The maximum Gasteiger partial charge on any atom is 0.147 e. The molecule has 1 aliphatic rings. The lowest BCUT2D eigenvalue weighted by Gasteiger charge is -2.06. The molecule has 1 aliphatic carbocycles. The van der Waals surface area contributed by atoms with Crippen LogP contribution in [0.4, 0.5) is 0 Å². The number of hydrogen-bond donors (Lipinski definition) is 1. The van der Waals surface area contributed by atoms with Crippen LogP contribution in [0.2, 0.25) is 0 Å². The second-order valence-electron chi connectivity index (χ2n) is 5.18. The smallest absolute Gasteiger partial charge is 0.147 e. The van der Waals surface area contributed by atoms with Crippen molar-refractivity contribution in [3.63, 3.8) is 0 Å². The van der Waals surface area contributed by atoms with Crippen molar-refractivity contribution in [1.82, 2.24) is 5.32 Å². The zero-order chi connectivity index (χ0) is 13.0. The molecular weight excluding hydrogens is 246 g/mol. The van der Waals surface area contributed by atoms with Gasteiger partial charge in [0.25, 0.3) is 0 Å². The van der Waals surface area contributed by atoms with Crippen LogP contribution in [0.3, 0.4) is 0 Å². The highest BCUT2D eigenvalue weighted by atomic mass is 32.2. The molecule has 1 fully saturated rings. The van der Waals surface area contributed by atoms with Crippen molar-refractivity contribution in [2.45, 2.75) is 31.7 Å². The maximum absolute atomic E-state index is 11.0. The SMILES string of the molecule is CS(=O)(=O)CCCNCc1cccc(C2CC2)c1. The number of nitrogens with one attached hydrogen (secondary N) is 1. The van der Waals surface area contributed by atoms with Crippen molar-refractivity contribution in [3.05, 3.63) is 35.4 Å². The van der Waals surface area contributed by atoms with Crippen LogP contribution in [0.1, 0.15) is 36.3 Å². The topological polar surface area (TPSA) is 46.2 Å². The fraction of sp³-hybridized carbons (Fsp3) is 0.571. The van der Waals surface area contributed by atoms with Gasteiger partial charge in [0.15, 0.2) is 0 Å². The van der Waals surface area contributed by atoms with E-state index in [1.807, 2.05) is 0 Å². The first kappa shape index (κ1) is 13.6. The average molecular weight is 267 g/mol. The molecule has 100 valence electrons. The third kappa shape index (κ3) is 4.78. The molecule has 0 radical (unpaired) electrons. The summed E-state index contributed by atoms with van der Waals surface area (Å²) >= 11 is 0. The molecular formula is C14H21NO2S. The van der Waals surface area contributed by atoms with Gasteiger partial charge in [0.2, 0.25) is 0 Å². The first-order valence-electron chi connectivity index (χ1n) is 6.52. The van der Waals surface area contributed by atoms with Gasteiger partial charge in [-0.1, -0.05) is 24.3 Å². The molecule has 0 aromatic heterocycles. The predicted molar refractivity (Wildman–Crippen MR) is 74.5 cm³/mol. The van der Waals surface area contributed by atoms with E-state index in [2.05, 4.69) is 29.6 Å². The Morgan fingerprint density at radius 3 is 2.78 bits per heavy atom. The number of benzene rings is 1. The summed E-state index contributed by atoms with van der Waals surface area (Å²) in [6, 6.07) is 8.70. The summed E-state index contributed by atoms with van der Waals surface area (Å²) in [6.45, 7) is 1.57. The van der Waals surface area contributed by atoms with Crippen molar-refractivity contribution >= 4 is 9.84 Å². The standard InChI is InChI=1S/C14H21NO2S/c1-18(16,17)9-3-8-15-11-12-4-2-5-14(10-12)13-6-7-13/h2,4-5,10,13,15H,3,6-9,11H2,1H3. The van der Waals surface area contributed by atoms with Crippen molar-refractivity contribution in [2.75, 3.05) is 18.6 Å². The molecule has 0 spiro atoms.